The van der Waals surface area contributed by atoms with E-state index in [2.05, 4.69) is 10.5 Å². The maximum absolute atomic E-state index is 11.9. The molecule has 0 fully saturated rings. The monoisotopic (exact) mass is 298 g/mol. The fraction of sp³-hybridized carbons (Fsp3) is 0.176. The lowest BCUT2D eigenvalue weighted by molar-refractivity contribution is 0.0952. The van der Waals surface area contributed by atoms with Gasteiger partial charge in [0.2, 0.25) is 0 Å². The summed E-state index contributed by atoms with van der Waals surface area (Å²) < 4.78 is 5.37. The Hall–Kier alpha value is -2.82. The molecule has 2 aromatic rings. The average molecular weight is 298 g/mol. The van der Waals surface area contributed by atoms with Crippen molar-refractivity contribution in [3.05, 3.63) is 59.7 Å². The van der Waals surface area contributed by atoms with Crippen LogP contribution in [0.2, 0.25) is 0 Å². The molecule has 0 radical (unpaired) electrons. The van der Waals surface area contributed by atoms with Crippen molar-refractivity contribution in [3.63, 3.8) is 0 Å². The van der Waals surface area contributed by atoms with E-state index in [0.29, 0.717) is 12.3 Å². The normalized spacial score (nSPS) is 11.1. The number of amides is 1. The van der Waals surface area contributed by atoms with Crippen molar-refractivity contribution < 1.29 is 14.6 Å². The van der Waals surface area contributed by atoms with Gasteiger partial charge in [-0.3, -0.25) is 4.79 Å². The number of hydrogen-bond acceptors (Lipinski definition) is 4. The van der Waals surface area contributed by atoms with E-state index in [4.69, 9.17) is 4.74 Å². The fourth-order valence-corrected chi connectivity index (χ4v) is 1.88. The number of hydrogen-bond donors (Lipinski definition) is 2. The molecule has 2 rings (SSSR count). The Balaban J connectivity index is 2.06. The predicted octanol–water partition coefficient (Wildman–Crippen LogP) is 2.94. The van der Waals surface area contributed by atoms with Crippen molar-refractivity contribution in [1.29, 1.82) is 0 Å². The first kappa shape index (κ1) is 15.6. The van der Waals surface area contributed by atoms with E-state index in [-0.39, 0.29) is 11.3 Å². The average Bonchev–Trinajstić information content (AvgIpc) is 2.54. The first-order chi connectivity index (χ1) is 10.6. The van der Waals surface area contributed by atoms with Crippen LogP contribution in [0.25, 0.3) is 0 Å². The maximum Gasteiger partial charge on any atom is 0.275 e. The first-order valence-corrected chi connectivity index (χ1v) is 6.97. The number of para-hydroxylation sites is 1. The molecule has 0 aromatic heterocycles. The number of aromatic hydroxyl groups is 1. The summed E-state index contributed by atoms with van der Waals surface area (Å²) in [5.74, 6) is 0.259. The molecule has 1 amide bonds. The summed E-state index contributed by atoms with van der Waals surface area (Å²) in [5.41, 5.74) is 4.16. The number of ether oxygens (including phenoxy) is 1. The Labute approximate surface area is 129 Å². The van der Waals surface area contributed by atoms with Crippen molar-refractivity contribution in [2.45, 2.75) is 13.8 Å². The van der Waals surface area contributed by atoms with Gasteiger partial charge in [-0.15, -0.1) is 0 Å². The molecule has 0 aliphatic carbocycles. The number of hydrazone groups is 1. The molecule has 0 aliphatic heterocycles. The molecule has 5 heteroatoms. The van der Waals surface area contributed by atoms with Gasteiger partial charge in [0.25, 0.3) is 5.91 Å². The third-order valence-electron chi connectivity index (χ3n) is 3.06. The van der Waals surface area contributed by atoms with Gasteiger partial charge in [0.05, 0.1) is 17.9 Å². The standard InChI is InChI=1S/C17H18N2O3/c1-3-22-14-10-8-13(9-11-14)12(2)18-19-17(21)15-6-4-5-7-16(15)20/h4-11,20H,3H2,1-2H3,(H,19,21). The summed E-state index contributed by atoms with van der Waals surface area (Å²) in [6.45, 7) is 4.33. The number of carbonyl (C=O) groups is 1. The molecule has 22 heavy (non-hydrogen) atoms. The second kappa shape index (κ2) is 7.26. The minimum Gasteiger partial charge on any atom is -0.507 e. The Kier molecular flexibility index (Phi) is 5.14. The SMILES string of the molecule is CCOc1ccc(C(C)=NNC(=O)c2ccccc2O)cc1. The van der Waals surface area contributed by atoms with E-state index in [1.54, 1.807) is 19.1 Å². The summed E-state index contributed by atoms with van der Waals surface area (Å²) in [7, 11) is 0. The second-order valence-corrected chi connectivity index (χ2v) is 4.61. The van der Waals surface area contributed by atoms with Crippen LogP contribution in [-0.2, 0) is 0 Å². The van der Waals surface area contributed by atoms with Gasteiger partial charge in [-0.1, -0.05) is 12.1 Å². The zero-order valence-corrected chi connectivity index (χ0v) is 12.5. The zero-order valence-electron chi connectivity index (χ0n) is 12.5. The lowest BCUT2D eigenvalue weighted by Gasteiger charge is -2.06. The number of benzene rings is 2. The highest BCUT2D eigenvalue weighted by molar-refractivity contribution is 6.01. The summed E-state index contributed by atoms with van der Waals surface area (Å²) in [5, 5.41) is 13.7. The number of carbonyl (C=O) groups excluding carboxylic acids is 1. The highest BCUT2D eigenvalue weighted by Gasteiger charge is 2.09. The molecule has 114 valence electrons. The highest BCUT2D eigenvalue weighted by Crippen LogP contribution is 2.15. The van der Waals surface area contributed by atoms with E-state index >= 15 is 0 Å². The molecule has 0 aliphatic rings. The zero-order chi connectivity index (χ0) is 15.9. The van der Waals surface area contributed by atoms with Crippen LogP contribution in [0.1, 0.15) is 29.8 Å². The van der Waals surface area contributed by atoms with E-state index in [9.17, 15) is 9.90 Å². The van der Waals surface area contributed by atoms with Gasteiger partial charge in [0.1, 0.15) is 11.5 Å². The van der Waals surface area contributed by atoms with Gasteiger partial charge >= 0.3 is 0 Å². The van der Waals surface area contributed by atoms with Crippen molar-refractivity contribution in [2.24, 2.45) is 5.10 Å². The summed E-state index contributed by atoms with van der Waals surface area (Å²) in [6, 6.07) is 13.8. The van der Waals surface area contributed by atoms with E-state index in [0.717, 1.165) is 11.3 Å². The van der Waals surface area contributed by atoms with Crippen LogP contribution < -0.4 is 10.2 Å². The number of phenols is 1. The molecular formula is C17H18N2O3. The molecular weight excluding hydrogens is 280 g/mol. The molecule has 0 atom stereocenters. The van der Waals surface area contributed by atoms with E-state index in [1.807, 2.05) is 31.2 Å². The fourth-order valence-electron chi connectivity index (χ4n) is 1.88. The second-order valence-electron chi connectivity index (χ2n) is 4.61. The lowest BCUT2D eigenvalue weighted by Crippen LogP contribution is -2.19. The van der Waals surface area contributed by atoms with Gasteiger partial charge in [-0.2, -0.15) is 5.10 Å². The lowest BCUT2D eigenvalue weighted by atomic mass is 10.1. The maximum atomic E-state index is 11.9. The van der Waals surface area contributed by atoms with Crippen LogP contribution in [0, 0.1) is 0 Å². The predicted molar refractivity (Wildman–Crippen MR) is 85.4 cm³/mol. The van der Waals surface area contributed by atoms with Crippen molar-refractivity contribution in [3.8, 4) is 11.5 Å². The van der Waals surface area contributed by atoms with Gasteiger partial charge in [0, 0.05) is 0 Å². The quantitative estimate of drug-likeness (QED) is 0.658. The number of nitrogens with one attached hydrogen (secondary N) is 1. The summed E-state index contributed by atoms with van der Waals surface area (Å²) in [4.78, 5) is 11.9. The number of phenolic OH excluding ortho intramolecular Hbond substituents is 1. The van der Waals surface area contributed by atoms with E-state index in [1.165, 1.54) is 12.1 Å². The smallest absolute Gasteiger partial charge is 0.275 e. The molecule has 0 spiro atoms. The van der Waals surface area contributed by atoms with Crippen LogP contribution >= 0.6 is 0 Å². The summed E-state index contributed by atoms with van der Waals surface area (Å²) in [6.07, 6.45) is 0. The van der Waals surface area contributed by atoms with Crippen LogP contribution in [0.4, 0.5) is 0 Å². The van der Waals surface area contributed by atoms with Crippen LogP contribution in [0.15, 0.2) is 53.6 Å². The molecule has 5 nitrogen and oxygen atoms in total. The molecule has 0 unspecified atom stereocenters. The van der Waals surface area contributed by atoms with Crippen molar-refractivity contribution in [2.75, 3.05) is 6.61 Å². The summed E-state index contributed by atoms with van der Waals surface area (Å²) >= 11 is 0. The van der Waals surface area contributed by atoms with Crippen LogP contribution in [0.3, 0.4) is 0 Å². The highest BCUT2D eigenvalue weighted by atomic mass is 16.5. The molecule has 0 heterocycles. The Morgan fingerprint density at radius 3 is 2.50 bits per heavy atom. The van der Waals surface area contributed by atoms with Gasteiger partial charge in [-0.05, 0) is 55.8 Å². The van der Waals surface area contributed by atoms with Crippen molar-refractivity contribution >= 4 is 11.6 Å². The molecule has 2 aromatic carbocycles. The Morgan fingerprint density at radius 1 is 1.18 bits per heavy atom. The Morgan fingerprint density at radius 2 is 1.86 bits per heavy atom. The Bertz CT molecular complexity index is 679. The molecule has 0 saturated heterocycles. The van der Waals surface area contributed by atoms with Gasteiger partial charge < -0.3 is 9.84 Å². The molecule has 0 saturated carbocycles. The van der Waals surface area contributed by atoms with Crippen molar-refractivity contribution in [1.82, 2.24) is 5.43 Å². The number of rotatable bonds is 5. The molecule has 2 N–H and O–H groups in total. The first-order valence-electron chi connectivity index (χ1n) is 6.97. The van der Waals surface area contributed by atoms with Crippen LogP contribution in [0.5, 0.6) is 11.5 Å². The van der Waals surface area contributed by atoms with Gasteiger partial charge in [-0.25, -0.2) is 5.43 Å². The topological polar surface area (TPSA) is 70.9 Å². The number of nitrogens with zero attached hydrogens (tertiary/aromatic N) is 1. The minimum atomic E-state index is -0.455. The third kappa shape index (κ3) is 3.85. The largest absolute Gasteiger partial charge is 0.507 e. The van der Waals surface area contributed by atoms with Crippen LogP contribution in [-0.4, -0.2) is 23.3 Å². The van der Waals surface area contributed by atoms with Gasteiger partial charge in [0.15, 0.2) is 0 Å². The molecule has 0 bridgehead atoms. The minimum absolute atomic E-state index is 0.0751. The van der Waals surface area contributed by atoms with E-state index < -0.39 is 5.91 Å². The third-order valence-corrected chi connectivity index (χ3v) is 3.06.